The van der Waals surface area contributed by atoms with E-state index >= 15 is 0 Å². The van der Waals surface area contributed by atoms with Crippen LogP contribution in [-0.2, 0) is 5.75 Å². The molecule has 1 heterocycles. The van der Waals surface area contributed by atoms with Gasteiger partial charge in [0.25, 0.3) is 0 Å². The van der Waals surface area contributed by atoms with Crippen molar-refractivity contribution in [3.05, 3.63) is 59.9 Å². The number of nitrogens with one attached hydrogen (secondary N) is 1. The lowest BCUT2D eigenvalue weighted by molar-refractivity contribution is 0.627. The first-order valence-corrected chi connectivity index (χ1v) is 6.95. The van der Waals surface area contributed by atoms with Crippen LogP contribution >= 0.6 is 11.8 Å². The molecule has 0 aliphatic carbocycles. The van der Waals surface area contributed by atoms with E-state index in [0.29, 0.717) is 11.4 Å². The van der Waals surface area contributed by atoms with Gasteiger partial charge in [-0.2, -0.15) is 0 Å². The van der Waals surface area contributed by atoms with E-state index in [0.717, 1.165) is 16.1 Å². The lowest BCUT2D eigenvalue weighted by Crippen LogP contribution is -1.90. The number of nitrogen functional groups attached to an aromatic ring is 1. The first kappa shape index (κ1) is 12.1. The molecule has 0 spiro atoms. The SMILES string of the molecule is Nc1cc(F)cc(CSc2cc3ccccc3[nH]2)c1. The maximum absolute atomic E-state index is 13.2. The zero-order valence-electron chi connectivity index (χ0n) is 10.2. The smallest absolute Gasteiger partial charge is 0.125 e. The Balaban J connectivity index is 1.78. The topological polar surface area (TPSA) is 41.8 Å². The van der Waals surface area contributed by atoms with Crippen LogP contribution in [0.5, 0.6) is 0 Å². The number of hydrogen-bond acceptors (Lipinski definition) is 2. The monoisotopic (exact) mass is 272 g/mol. The summed E-state index contributed by atoms with van der Waals surface area (Å²) in [6.07, 6.45) is 0. The van der Waals surface area contributed by atoms with Gasteiger partial charge in [0.1, 0.15) is 5.82 Å². The van der Waals surface area contributed by atoms with Crippen LogP contribution in [0.2, 0.25) is 0 Å². The van der Waals surface area contributed by atoms with Crippen LogP contribution < -0.4 is 5.73 Å². The molecule has 3 rings (SSSR count). The minimum absolute atomic E-state index is 0.285. The second-order valence-corrected chi connectivity index (χ2v) is 5.42. The molecular formula is C15H13FN2S. The Hall–Kier alpha value is -1.94. The molecule has 0 fully saturated rings. The molecule has 0 amide bonds. The van der Waals surface area contributed by atoms with Gasteiger partial charge in [-0.1, -0.05) is 18.2 Å². The molecule has 0 radical (unpaired) electrons. The van der Waals surface area contributed by atoms with E-state index in [1.165, 1.54) is 17.5 Å². The van der Waals surface area contributed by atoms with Crippen LogP contribution in [0.3, 0.4) is 0 Å². The molecule has 0 unspecified atom stereocenters. The molecule has 0 aliphatic rings. The maximum Gasteiger partial charge on any atom is 0.125 e. The molecule has 3 N–H and O–H groups in total. The molecule has 2 aromatic carbocycles. The van der Waals surface area contributed by atoms with Crippen molar-refractivity contribution in [1.29, 1.82) is 0 Å². The van der Waals surface area contributed by atoms with Gasteiger partial charge in [0.05, 0.1) is 5.03 Å². The summed E-state index contributed by atoms with van der Waals surface area (Å²) in [5, 5.41) is 2.26. The number of nitrogens with two attached hydrogens (primary N) is 1. The molecule has 2 nitrogen and oxygen atoms in total. The second-order valence-electron chi connectivity index (χ2n) is 4.40. The van der Waals surface area contributed by atoms with E-state index in [1.54, 1.807) is 17.8 Å². The van der Waals surface area contributed by atoms with Gasteiger partial charge >= 0.3 is 0 Å². The van der Waals surface area contributed by atoms with Gasteiger partial charge in [0.2, 0.25) is 0 Å². The van der Waals surface area contributed by atoms with Crippen molar-refractivity contribution in [2.75, 3.05) is 5.73 Å². The van der Waals surface area contributed by atoms with E-state index in [9.17, 15) is 4.39 Å². The van der Waals surface area contributed by atoms with E-state index < -0.39 is 0 Å². The minimum atomic E-state index is -0.285. The number of fused-ring (bicyclic) bond motifs is 1. The highest BCUT2D eigenvalue weighted by atomic mass is 32.2. The van der Waals surface area contributed by atoms with Crippen molar-refractivity contribution in [2.24, 2.45) is 0 Å². The molecular weight excluding hydrogens is 259 g/mol. The van der Waals surface area contributed by atoms with E-state index in [2.05, 4.69) is 17.1 Å². The predicted molar refractivity (Wildman–Crippen MR) is 78.7 cm³/mol. The van der Waals surface area contributed by atoms with Crippen LogP contribution in [0.25, 0.3) is 10.9 Å². The van der Waals surface area contributed by atoms with Crippen LogP contribution in [-0.4, -0.2) is 4.98 Å². The van der Waals surface area contributed by atoms with Gasteiger partial charge in [-0.3, -0.25) is 0 Å². The van der Waals surface area contributed by atoms with E-state index in [-0.39, 0.29) is 5.82 Å². The Morgan fingerprint density at radius 1 is 1.11 bits per heavy atom. The molecule has 0 bridgehead atoms. The highest BCUT2D eigenvalue weighted by Crippen LogP contribution is 2.26. The summed E-state index contributed by atoms with van der Waals surface area (Å²) in [6.45, 7) is 0. The van der Waals surface area contributed by atoms with Gasteiger partial charge < -0.3 is 10.7 Å². The van der Waals surface area contributed by atoms with Gasteiger partial charge in [-0.05, 0) is 35.9 Å². The fraction of sp³-hybridized carbons (Fsp3) is 0.0667. The average molecular weight is 272 g/mol. The van der Waals surface area contributed by atoms with Gasteiger partial charge in [-0.15, -0.1) is 11.8 Å². The number of benzene rings is 2. The van der Waals surface area contributed by atoms with Crippen molar-refractivity contribution in [1.82, 2.24) is 4.98 Å². The molecule has 1 aromatic heterocycles. The molecule has 3 aromatic rings. The quantitative estimate of drug-likeness (QED) is 0.554. The number of halogens is 1. The minimum Gasteiger partial charge on any atom is -0.399 e. The van der Waals surface area contributed by atoms with Gasteiger partial charge in [0, 0.05) is 22.3 Å². The Labute approximate surface area is 114 Å². The third-order valence-electron chi connectivity index (χ3n) is 2.88. The Kier molecular flexibility index (Phi) is 3.17. The van der Waals surface area contributed by atoms with Crippen LogP contribution in [0.4, 0.5) is 10.1 Å². The molecule has 0 saturated carbocycles. The fourth-order valence-corrected chi connectivity index (χ4v) is 2.93. The maximum atomic E-state index is 13.2. The Morgan fingerprint density at radius 2 is 1.95 bits per heavy atom. The number of rotatable bonds is 3. The summed E-state index contributed by atoms with van der Waals surface area (Å²) >= 11 is 1.64. The summed E-state index contributed by atoms with van der Waals surface area (Å²) < 4.78 is 13.2. The molecule has 0 aliphatic heterocycles. The zero-order chi connectivity index (χ0) is 13.2. The van der Waals surface area contributed by atoms with Crippen molar-refractivity contribution in [2.45, 2.75) is 10.8 Å². The summed E-state index contributed by atoms with van der Waals surface area (Å²) in [5.41, 5.74) is 8.10. The van der Waals surface area contributed by atoms with Gasteiger partial charge in [-0.25, -0.2) is 4.39 Å². The first-order chi connectivity index (χ1) is 9.20. The lowest BCUT2D eigenvalue weighted by Gasteiger charge is -2.02. The summed E-state index contributed by atoms with van der Waals surface area (Å²) in [7, 11) is 0. The van der Waals surface area contributed by atoms with Crippen LogP contribution in [0.1, 0.15) is 5.56 Å². The number of thioether (sulfide) groups is 1. The zero-order valence-corrected chi connectivity index (χ0v) is 11.0. The van der Waals surface area contributed by atoms with E-state index in [1.807, 2.05) is 18.2 Å². The molecule has 96 valence electrons. The van der Waals surface area contributed by atoms with Crippen molar-refractivity contribution >= 4 is 28.4 Å². The molecule has 0 saturated heterocycles. The summed E-state index contributed by atoms with van der Waals surface area (Å²) in [5.74, 6) is 0.404. The number of para-hydroxylation sites is 1. The highest BCUT2D eigenvalue weighted by molar-refractivity contribution is 7.98. The Morgan fingerprint density at radius 3 is 2.74 bits per heavy atom. The molecule has 0 atom stereocenters. The number of aromatic nitrogens is 1. The van der Waals surface area contributed by atoms with Crippen molar-refractivity contribution in [3.63, 3.8) is 0 Å². The number of anilines is 1. The van der Waals surface area contributed by atoms with Crippen molar-refractivity contribution < 1.29 is 4.39 Å². The van der Waals surface area contributed by atoms with Crippen LogP contribution in [0.15, 0.2) is 53.6 Å². The van der Waals surface area contributed by atoms with Crippen LogP contribution in [0, 0.1) is 5.82 Å². The first-order valence-electron chi connectivity index (χ1n) is 5.96. The standard InChI is InChI=1S/C15H13FN2S/c16-12-5-10(6-13(17)8-12)9-19-15-7-11-3-1-2-4-14(11)18-15/h1-8,18H,9,17H2. The summed E-state index contributed by atoms with van der Waals surface area (Å²) in [4.78, 5) is 3.33. The number of H-pyrrole nitrogens is 1. The predicted octanol–water partition coefficient (Wildman–Crippen LogP) is 4.18. The fourth-order valence-electron chi connectivity index (χ4n) is 2.04. The Bertz CT molecular complexity index is 668. The lowest BCUT2D eigenvalue weighted by atomic mass is 10.2. The van der Waals surface area contributed by atoms with Gasteiger partial charge in [0.15, 0.2) is 0 Å². The van der Waals surface area contributed by atoms with Crippen molar-refractivity contribution in [3.8, 4) is 0 Å². The number of aromatic amines is 1. The molecule has 4 heteroatoms. The third-order valence-corrected chi connectivity index (χ3v) is 3.89. The highest BCUT2D eigenvalue weighted by Gasteiger charge is 2.03. The van der Waals surface area contributed by atoms with E-state index in [4.69, 9.17) is 5.73 Å². The third kappa shape index (κ3) is 2.74. The summed E-state index contributed by atoms with van der Waals surface area (Å²) in [6, 6.07) is 14.9. The second kappa shape index (κ2) is 4.97. The average Bonchev–Trinajstić information content (AvgIpc) is 2.78. The largest absolute Gasteiger partial charge is 0.399 e. The molecule has 19 heavy (non-hydrogen) atoms. The normalized spacial score (nSPS) is 11.0. The number of hydrogen-bond donors (Lipinski definition) is 2.